The van der Waals surface area contributed by atoms with E-state index in [1.54, 1.807) is 7.11 Å². The van der Waals surface area contributed by atoms with Crippen LogP contribution < -0.4 is 4.74 Å². The normalized spacial score (nSPS) is 23.2. The van der Waals surface area contributed by atoms with E-state index in [4.69, 9.17) is 21.1 Å². The molecule has 0 spiro atoms. The van der Waals surface area contributed by atoms with Crippen LogP contribution >= 0.6 is 11.6 Å². The second-order valence-corrected chi connectivity index (χ2v) is 9.22. The van der Waals surface area contributed by atoms with Crippen molar-refractivity contribution in [3.63, 3.8) is 0 Å². The topological polar surface area (TPSA) is 42.0 Å². The van der Waals surface area contributed by atoms with Crippen molar-refractivity contribution in [1.29, 1.82) is 0 Å². The minimum atomic E-state index is 0.0882. The molecule has 0 radical (unpaired) electrons. The molecular weight excluding hydrogens is 424 g/mol. The van der Waals surface area contributed by atoms with Crippen LogP contribution in [0.4, 0.5) is 0 Å². The van der Waals surface area contributed by atoms with E-state index in [0.717, 1.165) is 74.7 Å². The molecule has 1 saturated heterocycles. The molecule has 2 aliphatic rings. The number of halogens is 1. The molecular formula is C26H33ClN2O3. The van der Waals surface area contributed by atoms with E-state index in [1.807, 2.05) is 47.4 Å². The van der Waals surface area contributed by atoms with Crippen molar-refractivity contribution in [3.8, 4) is 5.75 Å². The van der Waals surface area contributed by atoms with Crippen molar-refractivity contribution in [1.82, 2.24) is 9.80 Å². The lowest BCUT2D eigenvalue weighted by Gasteiger charge is -2.38. The van der Waals surface area contributed by atoms with Gasteiger partial charge in [-0.15, -0.1) is 0 Å². The molecule has 6 heteroatoms. The molecule has 4 rings (SSSR count). The first-order valence-electron chi connectivity index (χ1n) is 11.6. The smallest absolute Gasteiger partial charge is 0.254 e. The Hall–Kier alpha value is -2.08. The summed E-state index contributed by atoms with van der Waals surface area (Å²) in [5.41, 5.74) is 1.84. The van der Waals surface area contributed by atoms with E-state index < -0.39 is 0 Å². The molecule has 1 fully saturated rings. The van der Waals surface area contributed by atoms with Gasteiger partial charge in [0.15, 0.2) is 0 Å². The fourth-order valence-electron chi connectivity index (χ4n) is 4.86. The minimum absolute atomic E-state index is 0.0882. The van der Waals surface area contributed by atoms with Gasteiger partial charge in [-0.2, -0.15) is 0 Å². The van der Waals surface area contributed by atoms with Gasteiger partial charge in [-0.1, -0.05) is 42.3 Å². The monoisotopic (exact) mass is 456 g/mol. The predicted octanol–water partition coefficient (Wildman–Crippen LogP) is 4.88. The standard InChI is InChI=1S/C26H33ClN2O3/c1-31-25-12-14-29-19-22(25)8-4-5-13-28(18-21-7-2-3-11-24(21)27)15-16-32-23-10-6-9-20(17-23)26(29)30/h2-3,6-7,9-11,17,22,25H,4-5,8,12-16,18-19H2,1H3/t22-,25+/m0/s1. The van der Waals surface area contributed by atoms with Gasteiger partial charge in [0.2, 0.25) is 0 Å². The summed E-state index contributed by atoms with van der Waals surface area (Å²) in [7, 11) is 1.80. The maximum absolute atomic E-state index is 13.1. The molecule has 5 nitrogen and oxygen atoms in total. The van der Waals surface area contributed by atoms with Crippen molar-refractivity contribution in [3.05, 3.63) is 64.7 Å². The first-order chi connectivity index (χ1) is 15.6. The van der Waals surface area contributed by atoms with Gasteiger partial charge < -0.3 is 14.4 Å². The van der Waals surface area contributed by atoms with Crippen molar-refractivity contribution in [2.75, 3.05) is 39.9 Å². The fraction of sp³-hybridized carbons (Fsp3) is 0.500. The molecule has 0 unspecified atom stereocenters. The number of nitrogens with zero attached hydrogens (tertiary/aromatic N) is 2. The van der Waals surface area contributed by atoms with Crippen LogP contribution in [0.25, 0.3) is 0 Å². The molecule has 4 bridgehead atoms. The van der Waals surface area contributed by atoms with Gasteiger partial charge in [0, 0.05) is 49.8 Å². The minimum Gasteiger partial charge on any atom is -0.492 e. The molecule has 1 amide bonds. The molecule has 2 aromatic carbocycles. The average Bonchev–Trinajstić information content (AvgIpc) is 2.82. The van der Waals surface area contributed by atoms with Crippen LogP contribution in [0.5, 0.6) is 5.75 Å². The predicted molar refractivity (Wildman–Crippen MR) is 127 cm³/mol. The summed E-state index contributed by atoms with van der Waals surface area (Å²) in [6.45, 7) is 4.66. The number of rotatable bonds is 3. The van der Waals surface area contributed by atoms with E-state index in [2.05, 4.69) is 11.0 Å². The zero-order valence-corrected chi connectivity index (χ0v) is 19.6. The van der Waals surface area contributed by atoms with E-state index in [0.29, 0.717) is 18.1 Å². The summed E-state index contributed by atoms with van der Waals surface area (Å²) < 4.78 is 11.8. The number of fused-ring (bicyclic) bond motifs is 4. The SMILES string of the molecule is CO[C@@H]1CCN2C[C@@H]1CCCCN(Cc1ccccc1Cl)CCOc1cccc(c1)C2=O. The highest BCUT2D eigenvalue weighted by Gasteiger charge is 2.31. The van der Waals surface area contributed by atoms with Crippen LogP contribution in [0, 0.1) is 5.92 Å². The maximum atomic E-state index is 13.1. The molecule has 2 heterocycles. The number of benzene rings is 2. The molecule has 0 aliphatic carbocycles. The third kappa shape index (κ3) is 5.83. The largest absolute Gasteiger partial charge is 0.492 e. The lowest BCUT2D eigenvalue weighted by Crippen LogP contribution is -2.46. The lowest BCUT2D eigenvalue weighted by atomic mass is 9.89. The molecule has 0 saturated carbocycles. The molecule has 0 N–H and O–H groups in total. The lowest BCUT2D eigenvalue weighted by molar-refractivity contribution is -0.00676. The van der Waals surface area contributed by atoms with Gasteiger partial charge in [0.25, 0.3) is 5.91 Å². The Balaban J connectivity index is 1.51. The first kappa shape index (κ1) is 23.1. The Morgan fingerprint density at radius 2 is 1.94 bits per heavy atom. The second-order valence-electron chi connectivity index (χ2n) is 8.81. The fourth-order valence-corrected chi connectivity index (χ4v) is 5.05. The Morgan fingerprint density at radius 1 is 1.06 bits per heavy atom. The zero-order chi connectivity index (χ0) is 22.3. The highest BCUT2D eigenvalue weighted by molar-refractivity contribution is 6.31. The van der Waals surface area contributed by atoms with Crippen molar-refractivity contribution in [2.45, 2.75) is 38.3 Å². The third-order valence-corrected chi connectivity index (χ3v) is 7.03. The van der Waals surface area contributed by atoms with Gasteiger partial charge in [0.1, 0.15) is 12.4 Å². The number of hydrogen-bond acceptors (Lipinski definition) is 4. The summed E-state index contributed by atoms with van der Waals surface area (Å²) in [4.78, 5) is 17.6. The van der Waals surface area contributed by atoms with Crippen molar-refractivity contribution in [2.24, 2.45) is 5.92 Å². The highest BCUT2D eigenvalue weighted by Crippen LogP contribution is 2.27. The van der Waals surface area contributed by atoms with E-state index in [1.165, 1.54) is 0 Å². The Labute approximate surface area is 196 Å². The molecule has 0 aromatic heterocycles. The second kappa shape index (κ2) is 11.2. The van der Waals surface area contributed by atoms with E-state index in [-0.39, 0.29) is 12.0 Å². The van der Waals surface area contributed by atoms with Crippen molar-refractivity contribution < 1.29 is 14.3 Å². The van der Waals surface area contributed by atoms with E-state index >= 15 is 0 Å². The quantitative estimate of drug-likeness (QED) is 0.660. The first-order valence-corrected chi connectivity index (χ1v) is 12.0. The molecule has 2 atom stereocenters. The third-order valence-electron chi connectivity index (χ3n) is 6.66. The van der Waals surface area contributed by atoms with Crippen LogP contribution in [0.15, 0.2) is 48.5 Å². The van der Waals surface area contributed by atoms with Crippen LogP contribution in [-0.2, 0) is 11.3 Å². The number of methoxy groups -OCH3 is 1. The van der Waals surface area contributed by atoms with Crippen LogP contribution in [0.3, 0.4) is 0 Å². The maximum Gasteiger partial charge on any atom is 0.254 e. The average molecular weight is 457 g/mol. The summed E-state index contributed by atoms with van der Waals surface area (Å²) in [6.07, 6.45) is 4.39. The number of amides is 1. The Bertz CT molecular complexity index is 906. The summed E-state index contributed by atoms with van der Waals surface area (Å²) >= 11 is 6.42. The summed E-state index contributed by atoms with van der Waals surface area (Å²) in [6, 6.07) is 15.6. The van der Waals surface area contributed by atoms with Crippen LogP contribution in [0.2, 0.25) is 5.02 Å². The van der Waals surface area contributed by atoms with Crippen LogP contribution in [0.1, 0.15) is 41.6 Å². The Kier molecular flexibility index (Phi) is 8.06. The highest BCUT2D eigenvalue weighted by atomic mass is 35.5. The van der Waals surface area contributed by atoms with Gasteiger partial charge >= 0.3 is 0 Å². The number of piperidine rings is 1. The molecule has 2 aliphatic heterocycles. The summed E-state index contributed by atoms with van der Waals surface area (Å²) in [5.74, 6) is 1.20. The molecule has 2 aromatic rings. The van der Waals surface area contributed by atoms with Crippen molar-refractivity contribution >= 4 is 17.5 Å². The number of carbonyl (C=O) groups excluding carboxylic acids is 1. The Morgan fingerprint density at radius 3 is 2.78 bits per heavy atom. The van der Waals surface area contributed by atoms with Gasteiger partial charge in [0.05, 0.1) is 6.10 Å². The summed E-state index contributed by atoms with van der Waals surface area (Å²) in [5, 5.41) is 0.806. The van der Waals surface area contributed by atoms with Crippen LogP contribution in [-0.4, -0.2) is 61.7 Å². The number of ether oxygens (including phenoxy) is 2. The number of hydrogen-bond donors (Lipinski definition) is 0. The van der Waals surface area contributed by atoms with Gasteiger partial charge in [-0.3, -0.25) is 9.69 Å². The number of carbonyl (C=O) groups is 1. The van der Waals surface area contributed by atoms with E-state index in [9.17, 15) is 4.79 Å². The van der Waals surface area contributed by atoms with Gasteiger partial charge in [-0.05, 0) is 55.6 Å². The molecule has 32 heavy (non-hydrogen) atoms. The molecule has 172 valence electrons. The zero-order valence-electron chi connectivity index (χ0n) is 18.8. The van der Waals surface area contributed by atoms with Gasteiger partial charge in [-0.25, -0.2) is 0 Å².